The van der Waals surface area contributed by atoms with E-state index in [1.54, 1.807) is 20.0 Å². The quantitative estimate of drug-likeness (QED) is 0.718. The molecular weight excluding hydrogens is 176 g/mol. The number of nitrogens with two attached hydrogens (primary N) is 1. The van der Waals surface area contributed by atoms with Crippen molar-refractivity contribution in [3.63, 3.8) is 0 Å². The number of aromatic nitrogens is 1. The fourth-order valence-electron chi connectivity index (χ4n) is 0.957. The highest BCUT2D eigenvalue weighted by Crippen LogP contribution is 2.21. The second-order valence-corrected chi connectivity index (χ2v) is 2.96. The first kappa shape index (κ1) is 9.00. The molecule has 0 radical (unpaired) electrons. The van der Waals surface area contributed by atoms with E-state index >= 15 is 0 Å². The fraction of sp³-hybridized carbons (Fsp3) is 0.250. The van der Waals surface area contributed by atoms with Crippen LogP contribution in [0.3, 0.4) is 0 Å². The molecule has 12 heavy (non-hydrogen) atoms. The Kier molecular flexibility index (Phi) is 2.33. The minimum absolute atomic E-state index is 0.316. The van der Waals surface area contributed by atoms with Crippen LogP contribution in [-0.2, 0) is 0 Å². The van der Waals surface area contributed by atoms with E-state index in [9.17, 15) is 4.79 Å². The molecule has 1 aromatic rings. The number of nitrogens with zero attached hydrogens (tertiary/aromatic N) is 1. The molecular formula is C8H9ClN2O. The highest BCUT2D eigenvalue weighted by atomic mass is 35.5. The van der Waals surface area contributed by atoms with Crippen molar-refractivity contribution in [3.05, 3.63) is 28.0 Å². The molecule has 1 amide bonds. The zero-order valence-electron chi connectivity index (χ0n) is 6.89. The van der Waals surface area contributed by atoms with Crippen LogP contribution < -0.4 is 5.73 Å². The van der Waals surface area contributed by atoms with Crippen molar-refractivity contribution in [1.82, 2.24) is 4.98 Å². The van der Waals surface area contributed by atoms with Gasteiger partial charge in [-0.3, -0.25) is 9.78 Å². The molecule has 0 aliphatic carbocycles. The van der Waals surface area contributed by atoms with Crippen molar-refractivity contribution < 1.29 is 4.79 Å². The lowest BCUT2D eigenvalue weighted by molar-refractivity contribution is 0.0999. The van der Waals surface area contributed by atoms with Gasteiger partial charge in [0, 0.05) is 6.20 Å². The van der Waals surface area contributed by atoms with Crippen molar-refractivity contribution in [1.29, 1.82) is 0 Å². The van der Waals surface area contributed by atoms with Crippen molar-refractivity contribution in [2.24, 2.45) is 5.73 Å². The zero-order valence-corrected chi connectivity index (χ0v) is 7.64. The number of pyridine rings is 1. The number of amides is 1. The number of carbonyl (C=O) groups is 1. The van der Waals surface area contributed by atoms with Crippen LogP contribution in [0.2, 0.25) is 5.02 Å². The maximum Gasteiger partial charge on any atom is 0.252 e. The number of primary amides is 1. The topological polar surface area (TPSA) is 56.0 Å². The molecule has 4 heteroatoms. The van der Waals surface area contributed by atoms with Gasteiger partial charge in [0.2, 0.25) is 0 Å². The first-order valence-electron chi connectivity index (χ1n) is 3.45. The van der Waals surface area contributed by atoms with Gasteiger partial charge in [0.15, 0.2) is 0 Å². The third kappa shape index (κ3) is 1.41. The van der Waals surface area contributed by atoms with E-state index in [1.807, 2.05) is 0 Å². The monoisotopic (exact) mass is 184 g/mol. The highest BCUT2D eigenvalue weighted by molar-refractivity contribution is 6.34. The first-order valence-corrected chi connectivity index (χ1v) is 3.83. The van der Waals surface area contributed by atoms with Crippen molar-refractivity contribution in [2.75, 3.05) is 0 Å². The maximum atomic E-state index is 10.9. The Morgan fingerprint density at radius 2 is 2.17 bits per heavy atom. The largest absolute Gasteiger partial charge is 0.365 e. The molecule has 0 spiro atoms. The predicted molar refractivity (Wildman–Crippen MR) is 47.2 cm³/mol. The first-order chi connectivity index (χ1) is 5.54. The molecule has 0 unspecified atom stereocenters. The molecule has 1 heterocycles. The normalized spacial score (nSPS) is 9.92. The summed E-state index contributed by atoms with van der Waals surface area (Å²) < 4.78 is 0. The Bertz CT molecular complexity index is 336. The Morgan fingerprint density at radius 1 is 1.58 bits per heavy atom. The molecule has 0 fully saturated rings. The Labute approximate surface area is 75.6 Å². The zero-order chi connectivity index (χ0) is 9.30. The highest BCUT2D eigenvalue weighted by Gasteiger charge is 2.12. The summed E-state index contributed by atoms with van der Waals surface area (Å²) in [5, 5.41) is 0.398. The fourth-order valence-corrected chi connectivity index (χ4v) is 1.24. The smallest absolute Gasteiger partial charge is 0.252 e. The third-order valence-corrected chi connectivity index (χ3v) is 2.11. The summed E-state index contributed by atoms with van der Waals surface area (Å²) in [6.07, 6.45) is 1.62. The van der Waals surface area contributed by atoms with Gasteiger partial charge in [0.25, 0.3) is 5.91 Å². The average molecular weight is 185 g/mol. The van der Waals surface area contributed by atoms with Gasteiger partial charge in [-0.25, -0.2) is 0 Å². The van der Waals surface area contributed by atoms with Gasteiger partial charge in [-0.2, -0.15) is 0 Å². The number of hydrogen-bond acceptors (Lipinski definition) is 2. The summed E-state index contributed by atoms with van der Waals surface area (Å²) in [6.45, 7) is 3.48. The van der Waals surface area contributed by atoms with Crippen LogP contribution in [0.4, 0.5) is 0 Å². The number of hydrogen-bond donors (Lipinski definition) is 1. The van der Waals surface area contributed by atoms with Gasteiger partial charge >= 0.3 is 0 Å². The van der Waals surface area contributed by atoms with Crippen LogP contribution in [0.25, 0.3) is 0 Å². The summed E-state index contributed by atoms with van der Waals surface area (Å²) >= 11 is 5.85. The van der Waals surface area contributed by atoms with E-state index < -0.39 is 5.91 Å². The summed E-state index contributed by atoms with van der Waals surface area (Å²) in [6, 6.07) is 0. The van der Waals surface area contributed by atoms with Gasteiger partial charge in [-0.05, 0) is 19.4 Å². The minimum Gasteiger partial charge on any atom is -0.365 e. The lowest BCUT2D eigenvalue weighted by atomic mass is 10.1. The van der Waals surface area contributed by atoms with Crippen LogP contribution >= 0.6 is 11.6 Å². The number of halogens is 1. The molecule has 3 nitrogen and oxygen atoms in total. The van der Waals surface area contributed by atoms with E-state index in [-0.39, 0.29) is 0 Å². The van der Waals surface area contributed by atoms with Crippen molar-refractivity contribution in [2.45, 2.75) is 13.8 Å². The summed E-state index contributed by atoms with van der Waals surface area (Å²) in [7, 11) is 0. The standard InChI is InChI=1S/C8H9ClN2O/c1-4-3-11-5(2)6(7(4)9)8(10)12/h3H,1-2H3,(H2,10,12). The van der Waals surface area contributed by atoms with E-state index in [4.69, 9.17) is 17.3 Å². The van der Waals surface area contributed by atoms with Gasteiger partial charge < -0.3 is 5.73 Å². The summed E-state index contributed by atoms with van der Waals surface area (Å²) in [4.78, 5) is 14.9. The van der Waals surface area contributed by atoms with Crippen LogP contribution in [0.5, 0.6) is 0 Å². The van der Waals surface area contributed by atoms with Crippen LogP contribution in [-0.4, -0.2) is 10.9 Å². The molecule has 0 atom stereocenters. The second kappa shape index (κ2) is 3.11. The molecule has 64 valence electrons. The van der Waals surface area contributed by atoms with Crippen molar-refractivity contribution >= 4 is 17.5 Å². The van der Waals surface area contributed by atoms with Crippen LogP contribution in [0.1, 0.15) is 21.6 Å². The number of aryl methyl sites for hydroxylation is 2. The molecule has 2 N–H and O–H groups in total. The van der Waals surface area contributed by atoms with E-state index in [2.05, 4.69) is 4.98 Å². The Morgan fingerprint density at radius 3 is 2.58 bits per heavy atom. The molecule has 0 saturated carbocycles. The molecule has 0 aliphatic heterocycles. The second-order valence-electron chi connectivity index (χ2n) is 2.58. The van der Waals surface area contributed by atoms with Gasteiger partial charge in [-0.1, -0.05) is 11.6 Å². The Balaban J connectivity index is 3.43. The third-order valence-electron chi connectivity index (χ3n) is 1.63. The number of rotatable bonds is 1. The minimum atomic E-state index is -0.534. The van der Waals surface area contributed by atoms with Gasteiger partial charge in [0.05, 0.1) is 16.3 Å². The molecule has 0 saturated heterocycles. The molecule has 0 aliphatic rings. The predicted octanol–water partition coefficient (Wildman–Crippen LogP) is 1.45. The maximum absolute atomic E-state index is 10.9. The van der Waals surface area contributed by atoms with E-state index in [1.165, 1.54) is 0 Å². The van der Waals surface area contributed by atoms with Crippen LogP contribution in [0.15, 0.2) is 6.20 Å². The van der Waals surface area contributed by atoms with E-state index in [0.29, 0.717) is 16.3 Å². The number of carbonyl (C=O) groups excluding carboxylic acids is 1. The van der Waals surface area contributed by atoms with Gasteiger partial charge in [0.1, 0.15) is 0 Å². The molecule has 1 rings (SSSR count). The molecule has 0 aromatic carbocycles. The summed E-state index contributed by atoms with van der Waals surface area (Å²) in [5.74, 6) is -0.534. The SMILES string of the molecule is Cc1cnc(C)c(C(N)=O)c1Cl. The Hall–Kier alpha value is -1.09. The summed E-state index contributed by atoms with van der Waals surface area (Å²) in [5.41, 5.74) is 6.77. The molecule has 1 aromatic heterocycles. The van der Waals surface area contributed by atoms with Gasteiger partial charge in [-0.15, -0.1) is 0 Å². The van der Waals surface area contributed by atoms with Crippen molar-refractivity contribution in [3.8, 4) is 0 Å². The molecule has 0 bridgehead atoms. The van der Waals surface area contributed by atoms with Crippen LogP contribution in [0, 0.1) is 13.8 Å². The van der Waals surface area contributed by atoms with E-state index in [0.717, 1.165) is 5.56 Å². The lowest BCUT2D eigenvalue weighted by Crippen LogP contribution is -2.14. The average Bonchev–Trinajstić information content (AvgIpc) is 1.97. The lowest BCUT2D eigenvalue weighted by Gasteiger charge is -2.04.